The highest BCUT2D eigenvalue weighted by molar-refractivity contribution is 5.80. The van der Waals surface area contributed by atoms with Crippen LogP contribution in [0.25, 0.3) is 6.08 Å². The number of benzene rings is 1. The topological polar surface area (TPSA) is 72.6 Å². The molecule has 1 fully saturated rings. The number of likely N-dealkylation sites (tertiary alicyclic amines) is 1. The smallest absolute Gasteiger partial charge is 0.315 e. The van der Waals surface area contributed by atoms with Gasteiger partial charge in [-0.15, -0.1) is 0 Å². The lowest BCUT2D eigenvalue weighted by Gasteiger charge is -2.37. The molecule has 0 saturated carbocycles. The summed E-state index contributed by atoms with van der Waals surface area (Å²) in [5, 5.41) is 14.0. The minimum Gasteiger partial charge on any atom is -0.315 e. The fourth-order valence-corrected chi connectivity index (χ4v) is 3.29. The highest BCUT2D eigenvalue weighted by atomic mass is 19.1. The number of rotatable bonds is 2. The largest absolute Gasteiger partial charge is 0.341 e. The van der Waals surface area contributed by atoms with Crippen molar-refractivity contribution >= 4 is 18.3 Å². The van der Waals surface area contributed by atoms with E-state index in [0.29, 0.717) is 12.0 Å². The van der Waals surface area contributed by atoms with Gasteiger partial charge in [0.05, 0.1) is 6.04 Å². The normalized spacial score (nSPS) is 17.9. The summed E-state index contributed by atoms with van der Waals surface area (Å²) in [7, 11) is 0. The molecule has 0 bridgehead atoms. The molecule has 6 nitrogen and oxygen atoms in total. The Kier molecular flexibility index (Phi) is 4.76. The molecular weight excluding hydrogens is 383 g/mol. The fourth-order valence-electron chi connectivity index (χ4n) is 3.29. The van der Waals surface area contributed by atoms with E-state index >= 15 is 0 Å². The van der Waals surface area contributed by atoms with Crippen molar-refractivity contribution in [3.8, 4) is 6.07 Å². The van der Waals surface area contributed by atoms with Gasteiger partial charge in [0.25, 0.3) is 0 Å². The number of hydrazone groups is 1. The van der Waals surface area contributed by atoms with Crippen LogP contribution in [-0.4, -0.2) is 40.2 Å². The van der Waals surface area contributed by atoms with E-state index in [1.807, 2.05) is 0 Å². The molecule has 1 aromatic carbocycles. The van der Waals surface area contributed by atoms with Crippen molar-refractivity contribution in [2.75, 3.05) is 13.1 Å². The van der Waals surface area contributed by atoms with Gasteiger partial charge in [-0.3, -0.25) is 0 Å². The predicted octanol–water partition coefficient (Wildman–Crippen LogP) is 3.62. The van der Waals surface area contributed by atoms with Crippen LogP contribution in [0.2, 0.25) is 0 Å². The number of aromatic nitrogens is 1. The van der Waals surface area contributed by atoms with Gasteiger partial charge in [-0.2, -0.15) is 14.8 Å². The summed E-state index contributed by atoms with van der Waals surface area (Å²) in [6.07, 6.45) is 3.47. The number of urea groups is 1. The van der Waals surface area contributed by atoms with Crippen molar-refractivity contribution < 1.29 is 18.0 Å². The lowest BCUT2D eigenvalue weighted by molar-refractivity contribution is 0.136. The van der Waals surface area contributed by atoms with Crippen LogP contribution in [0, 0.1) is 28.9 Å². The Hall–Kier alpha value is -3.67. The van der Waals surface area contributed by atoms with Gasteiger partial charge in [0, 0.05) is 37.4 Å². The Labute approximate surface area is 164 Å². The molecule has 2 aromatic rings. The number of carbonyl (C=O) groups excluding carboxylic acids is 1. The van der Waals surface area contributed by atoms with Gasteiger partial charge in [-0.25, -0.2) is 23.6 Å². The molecule has 29 heavy (non-hydrogen) atoms. The molecule has 2 amide bonds. The van der Waals surface area contributed by atoms with Gasteiger partial charge >= 0.3 is 6.03 Å². The Bertz CT molecular complexity index is 1060. The molecule has 9 heteroatoms. The quantitative estimate of drug-likeness (QED) is 0.727. The Morgan fingerprint density at radius 3 is 2.55 bits per heavy atom. The van der Waals surface area contributed by atoms with Gasteiger partial charge in [0.15, 0.2) is 0 Å². The van der Waals surface area contributed by atoms with E-state index in [4.69, 9.17) is 5.26 Å². The number of pyridine rings is 1. The van der Waals surface area contributed by atoms with Crippen molar-refractivity contribution in [2.24, 2.45) is 5.10 Å². The monoisotopic (exact) mass is 397 g/mol. The van der Waals surface area contributed by atoms with Crippen LogP contribution in [0.1, 0.15) is 29.3 Å². The minimum atomic E-state index is -0.751. The van der Waals surface area contributed by atoms with E-state index in [-0.39, 0.29) is 24.3 Å². The molecule has 4 rings (SSSR count). The predicted molar refractivity (Wildman–Crippen MR) is 97.9 cm³/mol. The number of hydrogen-bond acceptors (Lipinski definition) is 4. The number of amides is 2. The zero-order valence-corrected chi connectivity index (χ0v) is 15.0. The van der Waals surface area contributed by atoms with Gasteiger partial charge in [-0.1, -0.05) is 0 Å². The first-order valence-corrected chi connectivity index (χ1v) is 8.77. The third-order valence-electron chi connectivity index (χ3n) is 4.71. The summed E-state index contributed by atoms with van der Waals surface area (Å²) in [4.78, 5) is 17.8. The molecule has 0 N–H and O–H groups in total. The summed E-state index contributed by atoms with van der Waals surface area (Å²) in [5.74, 6) is -2.18. The highest BCUT2D eigenvalue weighted by Crippen LogP contribution is 2.32. The van der Waals surface area contributed by atoms with Crippen molar-refractivity contribution in [1.82, 2.24) is 14.9 Å². The van der Waals surface area contributed by atoms with Crippen LogP contribution in [-0.2, 0) is 0 Å². The number of hydrogen-bond donors (Lipinski definition) is 0. The van der Waals surface area contributed by atoms with Crippen molar-refractivity contribution in [1.29, 1.82) is 5.26 Å². The average molecular weight is 397 g/mol. The Morgan fingerprint density at radius 2 is 1.90 bits per heavy atom. The molecule has 3 heterocycles. The van der Waals surface area contributed by atoms with E-state index in [2.05, 4.69) is 10.1 Å². The number of nitrogens with zero attached hydrogens (tertiary/aromatic N) is 5. The third-order valence-corrected chi connectivity index (χ3v) is 4.71. The van der Waals surface area contributed by atoms with Crippen molar-refractivity contribution in [2.45, 2.75) is 12.5 Å². The summed E-state index contributed by atoms with van der Waals surface area (Å²) < 4.78 is 40.9. The van der Waals surface area contributed by atoms with Crippen LogP contribution < -0.4 is 0 Å². The highest BCUT2D eigenvalue weighted by Gasteiger charge is 2.35. The zero-order valence-electron chi connectivity index (χ0n) is 15.0. The third kappa shape index (κ3) is 3.69. The van der Waals surface area contributed by atoms with Crippen LogP contribution >= 0.6 is 0 Å². The lowest BCUT2D eigenvalue weighted by Crippen LogP contribution is -2.49. The van der Waals surface area contributed by atoms with Crippen LogP contribution in [0.3, 0.4) is 0 Å². The van der Waals surface area contributed by atoms with Crippen molar-refractivity contribution in [3.05, 3.63) is 70.3 Å². The maximum absolute atomic E-state index is 13.9. The summed E-state index contributed by atoms with van der Waals surface area (Å²) in [5.41, 5.74) is 1.36. The van der Waals surface area contributed by atoms with Crippen LogP contribution in [0.5, 0.6) is 0 Å². The Balaban J connectivity index is 1.45. The first-order valence-electron chi connectivity index (χ1n) is 8.77. The molecule has 0 radical (unpaired) electrons. The molecular formula is C20H14F3N5O. The first kappa shape index (κ1) is 18.7. The molecule has 0 aliphatic carbocycles. The van der Waals surface area contributed by atoms with E-state index in [9.17, 15) is 18.0 Å². The Morgan fingerprint density at radius 1 is 1.17 bits per heavy atom. The first-order chi connectivity index (χ1) is 13.9. The van der Waals surface area contributed by atoms with Crippen molar-refractivity contribution in [3.63, 3.8) is 0 Å². The average Bonchev–Trinajstić information content (AvgIpc) is 3.14. The SMILES string of the molecule is N#Cc1ccc(C=C2CN(C(=O)N3N=CCC3c3cc(F)cc(F)c3)C2)c(F)n1. The van der Waals surface area contributed by atoms with Crippen LogP contribution in [0.15, 0.2) is 41.0 Å². The van der Waals surface area contributed by atoms with Gasteiger partial charge in [-0.05, 0) is 41.5 Å². The molecule has 1 unspecified atom stereocenters. The second kappa shape index (κ2) is 7.39. The zero-order chi connectivity index (χ0) is 20.5. The minimum absolute atomic E-state index is 0.0122. The summed E-state index contributed by atoms with van der Waals surface area (Å²) in [6.45, 7) is 0.545. The molecule has 2 aliphatic rings. The molecule has 2 aliphatic heterocycles. The molecule has 1 aromatic heterocycles. The maximum Gasteiger partial charge on any atom is 0.341 e. The lowest BCUT2D eigenvalue weighted by atomic mass is 10.0. The molecule has 1 atom stereocenters. The maximum atomic E-state index is 13.9. The second-order valence-electron chi connectivity index (χ2n) is 6.73. The number of halogens is 3. The standard InChI is InChI=1S/C20H14F3N5O/c21-15-6-14(7-16(22)8-15)18-3-4-25-28(18)20(29)27-10-12(11-27)5-13-1-2-17(9-24)26-19(13)23/h1-2,4-8,18H,3,10-11H2. The van der Waals surface area contributed by atoms with E-state index in [1.54, 1.807) is 12.1 Å². The van der Waals surface area contributed by atoms with E-state index in [1.165, 1.54) is 40.4 Å². The number of carbonyl (C=O) groups is 1. The molecule has 0 spiro atoms. The van der Waals surface area contributed by atoms with Gasteiger partial charge in [0.2, 0.25) is 5.95 Å². The van der Waals surface area contributed by atoms with E-state index < -0.39 is 29.7 Å². The molecule has 146 valence electrons. The fraction of sp³-hybridized carbons (Fsp3) is 0.200. The number of nitriles is 1. The van der Waals surface area contributed by atoms with E-state index in [0.717, 1.165) is 11.6 Å². The van der Waals surface area contributed by atoms with Gasteiger partial charge in [0.1, 0.15) is 23.4 Å². The van der Waals surface area contributed by atoms with Gasteiger partial charge < -0.3 is 4.90 Å². The molecule has 1 saturated heterocycles. The summed E-state index contributed by atoms with van der Waals surface area (Å²) >= 11 is 0. The van der Waals surface area contributed by atoms with Crippen LogP contribution in [0.4, 0.5) is 18.0 Å². The summed E-state index contributed by atoms with van der Waals surface area (Å²) in [6, 6.07) is 6.80. The second-order valence-corrected chi connectivity index (χ2v) is 6.73.